The summed E-state index contributed by atoms with van der Waals surface area (Å²) < 4.78 is 19.7. The molecule has 0 bridgehead atoms. The van der Waals surface area contributed by atoms with Crippen molar-refractivity contribution in [1.29, 1.82) is 0 Å². The Labute approximate surface area is 128 Å². The predicted molar refractivity (Wildman–Crippen MR) is 78.3 cm³/mol. The number of rotatable bonds is 4. The highest BCUT2D eigenvalue weighted by molar-refractivity contribution is 9.10. The van der Waals surface area contributed by atoms with Crippen LogP contribution in [-0.2, 0) is 11.3 Å². The smallest absolute Gasteiger partial charge is 0.251 e. The van der Waals surface area contributed by atoms with Crippen molar-refractivity contribution >= 4 is 27.5 Å². The number of halogens is 3. The van der Waals surface area contributed by atoms with Gasteiger partial charge >= 0.3 is 0 Å². The first-order valence-electron chi connectivity index (χ1n) is 5.84. The SMILES string of the molecule is CCOCc1nc(-c2ccc(Br)c(Cl)c2F)cc(=O)[nH]1. The maximum absolute atomic E-state index is 14.1. The van der Waals surface area contributed by atoms with Gasteiger partial charge in [0.15, 0.2) is 5.82 Å². The second-order valence-electron chi connectivity index (χ2n) is 3.94. The molecule has 0 fully saturated rings. The van der Waals surface area contributed by atoms with Crippen molar-refractivity contribution in [1.82, 2.24) is 9.97 Å². The van der Waals surface area contributed by atoms with Crippen LogP contribution in [0.1, 0.15) is 12.7 Å². The lowest BCUT2D eigenvalue weighted by atomic mass is 10.1. The van der Waals surface area contributed by atoms with Gasteiger partial charge in [0.2, 0.25) is 0 Å². The number of aromatic nitrogens is 2. The van der Waals surface area contributed by atoms with E-state index >= 15 is 0 Å². The number of hydrogen-bond acceptors (Lipinski definition) is 3. The van der Waals surface area contributed by atoms with Crippen molar-refractivity contribution in [2.75, 3.05) is 6.61 Å². The third kappa shape index (κ3) is 3.26. The molecule has 0 radical (unpaired) electrons. The van der Waals surface area contributed by atoms with Crippen LogP contribution in [0.15, 0.2) is 27.5 Å². The van der Waals surface area contributed by atoms with Gasteiger partial charge in [-0.3, -0.25) is 4.79 Å². The molecule has 0 aliphatic heterocycles. The summed E-state index contributed by atoms with van der Waals surface area (Å²) >= 11 is 8.97. The molecule has 0 saturated heterocycles. The summed E-state index contributed by atoms with van der Waals surface area (Å²) in [5.74, 6) is -0.283. The molecule has 0 spiro atoms. The van der Waals surface area contributed by atoms with E-state index in [0.29, 0.717) is 16.9 Å². The standard InChI is InChI=1S/C13H11BrClFN2O2/c1-2-20-6-10-17-9(5-11(19)18-10)7-3-4-8(14)12(15)13(7)16/h3-5H,2,6H2,1H3,(H,17,18,19). The Bertz CT molecular complexity index is 691. The van der Waals surface area contributed by atoms with E-state index in [0.717, 1.165) is 0 Å². The van der Waals surface area contributed by atoms with Crippen LogP contribution in [0.2, 0.25) is 5.02 Å². The minimum absolute atomic E-state index is 0.0454. The number of hydrogen-bond donors (Lipinski definition) is 1. The molecule has 1 N–H and O–H groups in total. The van der Waals surface area contributed by atoms with E-state index in [1.54, 1.807) is 6.07 Å². The van der Waals surface area contributed by atoms with Crippen LogP contribution in [-0.4, -0.2) is 16.6 Å². The van der Waals surface area contributed by atoms with Crippen molar-refractivity contribution in [3.63, 3.8) is 0 Å². The third-order valence-corrected chi connectivity index (χ3v) is 3.80. The van der Waals surface area contributed by atoms with E-state index in [1.165, 1.54) is 12.1 Å². The molecule has 0 amide bonds. The number of benzene rings is 1. The van der Waals surface area contributed by atoms with Gasteiger partial charge in [0.05, 0.1) is 10.7 Å². The average molecular weight is 362 g/mol. The zero-order valence-electron chi connectivity index (χ0n) is 10.5. The highest BCUT2D eigenvalue weighted by atomic mass is 79.9. The Morgan fingerprint density at radius 3 is 2.95 bits per heavy atom. The first-order chi connectivity index (χ1) is 9.52. The number of ether oxygens (including phenoxy) is 1. The molecular weight excluding hydrogens is 351 g/mol. The van der Waals surface area contributed by atoms with Crippen molar-refractivity contribution in [3.05, 3.63) is 49.7 Å². The zero-order chi connectivity index (χ0) is 14.7. The van der Waals surface area contributed by atoms with Crippen LogP contribution in [0.25, 0.3) is 11.3 Å². The minimum Gasteiger partial charge on any atom is -0.374 e. The zero-order valence-corrected chi connectivity index (χ0v) is 12.9. The van der Waals surface area contributed by atoms with Gasteiger partial charge in [-0.1, -0.05) is 11.6 Å². The fraction of sp³-hybridized carbons (Fsp3) is 0.231. The monoisotopic (exact) mass is 360 g/mol. The minimum atomic E-state index is -0.624. The van der Waals surface area contributed by atoms with E-state index in [1.807, 2.05) is 6.92 Å². The van der Waals surface area contributed by atoms with E-state index in [4.69, 9.17) is 16.3 Å². The fourth-order valence-corrected chi connectivity index (χ4v) is 2.11. The molecule has 4 nitrogen and oxygen atoms in total. The second-order valence-corrected chi connectivity index (χ2v) is 5.17. The van der Waals surface area contributed by atoms with E-state index in [2.05, 4.69) is 25.9 Å². The Morgan fingerprint density at radius 2 is 2.25 bits per heavy atom. The Morgan fingerprint density at radius 1 is 1.50 bits per heavy atom. The topological polar surface area (TPSA) is 55.0 Å². The summed E-state index contributed by atoms with van der Waals surface area (Å²) in [5, 5.41) is -0.0454. The Hall–Kier alpha value is -1.24. The molecule has 1 aromatic heterocycles. The van der Waals surface area contributed by atoms with Gasteiger partial charge in [0.1, 0.15) is 12.4 Å². The van der Waals surface area contributed by atoms with Crippen LogP contribution in [0.4, 0.5) is 4.39 Å². The lowest BCUT2D eigenvalue weighted by molar-refractivity contribution is 0.128. The summed E-state index contributed by atoms with van der Waals surface area (Å²) in [6.45, 7) is 2.48. The molecule has 2 aromatic rings. The first kappa shape index (κ1) is 15.2. The molecule has 0 aliphatic rings. The average Bonchev–Trinajstić information content (AvgIpc) is 2.42. The number of nitrogens with one attached hydrogen (secondary N) is 1. The van der Waals surface area contributed by atoms with E-state index < -0.39 is 5.82 Å². The number of H-pyrrole nitrogens is 1. The van der Waals surface area contributed by atoms with Crippen LogP contribution in [0, 0.1) is 5.82 Å². The van der Waals surface area contributed by atoms with Crippen LogP contribution < -0.4 is 5.56 Å². The van der Waals surface area contributed by atoms with Crippen LogP contribution in [0.5, 0.6) is 0 Å². The molecule has 0 unspecified atom stereocenters. The Balaban J connectivity index is 2.50. The van der Waals surface area contributed by atoms with Crippen molar-refractivity contribution in [3.8, 4) is 11.3 Å². The van der Waals surface area contributed by atoms with Crippen molar-refractivity contribution in [2.45, 2.75) is 13.5 Å². The molecular formula is C13H11BrClFN2O2. The predicted octanol–water partition coefficient (Wildman–Crippen LogP) is 3.53. The first-order valence-corrected chi connectivity index (χ1v) is 7.02. The summed E-state index contributed by atoms with van der Waals surface area (Å²) in [7, 11) is 0. The maximum Gasteiger partial charge on any atom is 0.251 e. The number of nitrogens with zero attached hydrogens (tertiary/aromatic N) is 1. The molecule has 106 valence electrons. The van der Waals surface area contributed by atoms with E-state index in [-0.39, 0.29) is 28.4 Å². The lowest BCUT2D eigenvalue weighted by Gasteiger charge is -2.07. The molecule has 7 heteroatoms. The molecule has 0 saturated carbocycles. The van der Waals surface area contributed by atoms with Gasteiger partial charge < -0.3 is 9.72 Å². The van der Waals surface area contributed by atoms with Crippen molar-refractivity contribution in [2.24, 2.45) is 0 Å². The van der Waals surface area contributed by atoms with Crippen LogP contribution >= 0.6 is 27.5 Å². The highest BCUT2D eigenvalue weighted by Crippen LogP contribution is 2.31. The van der Waals surface area contributed by atoms with Crippen molar-refractivity contribution < 1.29 is 9.13 Å². The largest absolute Gasteiger partial charge is 0.374 e. The molecule has 0 atom stereocenters. The quantitative estimate of drug-likeness (QED) is 0.848. The van der Waals surface area contributed by atoms with Gasteiger partial charge in [0, 0.05) is 22.7 Å². The Kier molecular flexibility index (Phi) is 4.91. The summed E-state index contributed by atoms with van der Waals surface area (Å²) in [5.41, 5.74) is 0.0144. The molecule has 0 aliphatic carbocycles. The second kappa shape index (κ2) is 6.47. The highest BCUT2D eigenvalue weighted by Gasteiger charge is 2.14. The van der Waals surface area contributed by atoms with E-state index in [9.17, 15) is 9.18 Å². The van der Waals surface area contributed by atoms with Gasteiger partial charge in [0.25, 0.3) is 5.56 Å². The van der Waals surface area contributed by atoms with Gasteiger partial charge in [-0.25, -0.2) is 9.37 Å². The third-order valence-electron chi connectivity index (χ3n) is 2.54. The van der Waals surface area contributed by atoms with Gasteiger partial charge in [-0.2, -0.15) is 0 Å². The van der Waals surface area contributed by atoms with Gasteiger partial charge in [-0.05, 0) is 35.0 Å². The number of aromatic amines is 1. The molecule has 2 rings (SSSR count). The molecule has 20 heavy (non-hydrogen) atoms. The van der Waals surface area contributed by atoms with Crippen LogP contribution in [0.3, 0.4) is 0 Å². The summed E-state index contributed by atoms with van der Waals surface area (Å²) in [4.78, 5) is 18.3. The lowest BCUT2D eigenvalue weighted by Crippen LogP contribution is -2.12. The maximum atomic E-state index is 14.1. The van der Waals surface area contributed by atoms with Gasteiger partial charge in [-0.15, -0.1) is 0 Å². The summed E-state index contributed by atoms with van der Waals surface area (Å²) in [6.07, 6.45) is 0. The molecule has 1 heterocycles. The normalized spacial score (nSPS) is 10.8. The molecule has 1 aromatic carbocycles. The fourth-order valence-electron chi connectivity index (χ4n) is 1.64. The summed E-state index contributed by atoms with van der Waals surface area (Å²) in [6, 6.07) is 4.33.